The maximum Gasteiger partial charge on any atom is 0.244 e. The molecule has 2 heterocycles. The molecule has 0 saturated carbocycles. The Morgan fingerprint density at radius 1 is 1.12 bits per heavy atom. The first kappa shape index (κ1) is 14.2. The van der Waals surface area contributed by atoms with Crippen molar-refractivity contribution in [1.29, 1.82) is 0 Å². The third-order valence-electron chi connectivity index (χ3n) is 3.81. The summed E-state index contributed by atoms with van der Waals surface area (Å²) in [5.74, 6) is 0.427. The molecule has 0 aliphatic carbocycles. The van der Waals surface area contributed by atoms with Crippen LogP contribution in [0.2, 0.25) is 0 Å². The number of nitrogens with one attached hydrogen (secondary N) is 3. The third-order valence-corrected chi connectivity index (χ3v) is 3.81. The minimum atomic E-state index is -0.174. The van der Waals surface area contributed by atoms with Gasteiger partial charge in [0, 0.05) is 17.1 Å². The van der Waals surface area contributed by atoms with Crippen molar-refractivity contribution in [3.8, 4) is 0 Å². The van der Waals surface area contributed by atoms with Gasteiger partial charge >= 0.3 is 0 Å². The second kappa shape index (κ2) is 6.00. The standard InChI is InChI=1S/C18H15N5O/c24-18(9-12-10-19-14-6-2-1-5-13(12)14)23-20-11-17-21-15-7-3-4-8-16(15)22-17/h1-8,10-11,19H,9H2,(H,21,22)(H,23,24)/b20-11+. The maximum absolute atomic E-state index is 12.0. The summed E-state index contributed by atoms with van der Waals surface area (Å²) < 4.78 is 0. The van der Waals surface area contributed by atoms with Gasteiger partial charge < -0.3 is 9.97 Å². The maximum atomic E-state index is 12.0. The van der Waals surface area contributed by atoms with Crippen LogP contribution < -0.4 is 5.43 Å². The molecule has 0 radical (unpaired) electrons. The lowest BCUT2D eigenvalue weighted by Gasteiger charge is -1.98. The zero-order valence-electron chi connectivity index (χ0n) is 12.8. The van der Waals surface area contributed by atoms with Gasteiger partial charge in [0.05, 0.1) is 23.7 Å². The first-order chi connectivity index (χ1) is 11.8. The molecule has 0 fully saturated rings. The molecule has 2 aromatic heterocycles. The topological polar surface area (TPSA) is 85.9 Å². The van der Waals surface area contributed by atoms with Crippen LogP contribution in [-0.2, 0) is 11.2 Å². The molecule has 4 rings (SSSR count). The van der Waals surface area contributed by atoms with Crippen LogP contribution in [0.25, 0.3) is 21.9 Å². The quantitative estimate of drug-likeness (QED) is 0.399. The number of aromatic nitrogens is 3. The SMILES string of the molecule is O=C(Cc1c[nH]c2ccccc12)N/N=C/c1nc2ccccc2[nH]1. The molecule has 24 heavy (non-hydrogen) atoms. The van der Waals surface area contributed by atoms with Crippen molar-refractivity contribution < 1.29 is 4.79 Å². The van der Waals surface area contributed by atoms with E-state index in [1.165, 1.54) is 6.21 Å². The molecule has 118 valence electrons. The smallest absolute Gasteiger partial charge is 0.244 e. The Hall–Kier alpha value is -3.41. The number of carbonyl (C=O) groups excluding carboxylic acids is 1. The fourth-order valence-corrected chi connectivity index (χ4v) is 2.69. The number of carbonyl (C=O) groups is 1. The Labute approximate surface area is 137 Å². The lowest BCUT2D eigenvalue weighted by Crippen LogP contribution is -2.19. The van der Waals surface area contributed by atoms with Crippen LogP contribution in [0.5, 0.6) is 0 Å². The second-order valence-electron chi connectivity index (χ2n) is 5.47. The van der Waals surface area contributed by atoms with E-state index in [4.69, 9.17) is 0 Å². The second-order valence-corrected chi connectivity index (χ2v) is 5.47. The normalized spacial score (nSPS) is 11.5. The number of fused-ring (bicyclic) bond motifs is 2. The Bertz CT molecular complexity index is 1010. The molecule has 0 bridgehead atoms. The molecular weight excluding hydrogens is 302 g/mol. The van der Waals surface area contributed by atoms with Crippen molar-refractivity contribution in [3.63, 3.8) is 0 Å². The highest BCUT2D eigenvalue weighted by Gasteiger charge is 2.07. The molecule has 3 N–H and O–H groups in total. The summed E-state index contributed by atoms with van der Waals surface area (Å²) in [6, 6.07) is 15.6. The number of hydrogen-bond acceptors (Lipinski definition) is 3. The number of benzene rings is 2. The number of imidazole rings is 1. The molecular formula is C18H15N5O. The van der Waals surface area contributed by atoms with Gasteiger partial charge in [0.25, 0.3) is 0 Å². The molecule has 0 unspecified atom stereocenters. The summed E-state index contributed by atoms with van der Waals surface area (Å²) in [4.78, 5) is 22.7. The van der Waals surface area contributed by atoms with E-state index in [0.717, 1.165) is 27.5 Å². The fraction of sp³-hybridized carbons (Fsp3) is 0.0556. The van der Waals surface area contributed by atoms with Gasteiger partial charge in [0.15, 0.2) is 5.82 Å². The molecule has 1 amide bonds. The number of aromatic amines is 2. The lowest BCUT2D eigenvalue weighted by molar-refractivity contribution is -0.120. The summed E-state index contributed by atoms with van der Waals surface area (Å²) in [5, 5.41) is 5.02. The van der Waals surface area contributed by atoms with Crippen molar-refractivity contribution in [2.24, 2.45) is 5.10 Å². The highest BCUT2D eigenvalue weighted by molar-refractivity contribution is 5.89. The van der Waals surface area contributed by atoms with Crippen molar-refractivity contribution in [3.05, 3.63) is 66.1 Å². The van der Waals surface area contributed by atoms with Crippen LogP contribution >= 0.6 is 0 Å². The zero-order chi connectivity index (χ0) is 16.4. The lowest BCUT2D eigenvalue weighted by atomic mass is 10.1. The van der Waals surface area contributed by atoms with Gasteiger partial charge in [-0.15, -0.1) is 0 Å². The van der Waals surface area contributed by atoms with E-state index in [1.54, 1.807) is 0 Å². The molecule has 0 saturated heterocycles. The fourth-order valence-electron chi connectivity index (χ4n) is 2.69. The van der Waals surface area contributed by atoms with Crippen LogP contribution in [0.4, 0.5) is 0 Å². The van der Waals surface area contributed by atoms with Crippen LogP contribution in [-0.4, -0.2) is 27.1 Å². The zero-order valence-corrected chi connectivity index (χ0v) is 12.8. The van der Waals surface area contributed by atoms with Crippen molar-refractivity contribution >= 4 is 34.1 Å². The average molecular weight is 317 g/mol. The predicted octanol–water partition coefficient (Wildman–Crippen LogP) is 2.74. The summed E-state index contributed by atoms with van der Waals surface area (Å²) in [5.41, 5.74) is 6.30. The summed E-state index contributed by atoms with van der Waals surface area (Å²) in [6.07, 6.45) is 3.63. The van der Waals surface area contributed by atoms with Gasteiger partial charge in [-0.2, -0.15) is 5.10 Å². The Balaban J connectivity index is 1.42. The van der Waals surface area contributed by atoms with Crippen LogP contribution in [0, 0.1) is 0 Å². The number of hydrogen-bond donors (Lipinski definition) is 3. The number of nitrogens with zero attached hydrogens (tertiary/aromatic N) is 2. The summed E-state index contributed by atoms with van der Waals surface area (Å²) in [7, 11) is 0. The minimum Gasteiger partial charge on any atom is -0.361 e. The monoisotopic (exact) mass is 317 g/mol. The highest BCUT2D eigenvalue weighted by atomic mass is 16.2. The van der Waals surface area contributed by atoms with Crippen LogP contribution in [0.3, 0.4) is 0 Å². The van der Waals surface area contributed by atoms with E-state index in [0.29, 0.717) is 5.82 Å². The Kier molecular flexibility index (Phi) is 3.55. The summed E-state index contributed by atoms with van der Waals surface area (Å²) >= 11 is 0. The number of H-pyrrole nitrogens is 2. The van der Waals surface area contributed by atoms with E-state index >= 15 is 0 Å². The van der Waals surface area contributed by atoms with Crippen molar-refractivity contribution in [1.82, 2.24) is 20.4 Å². The molecule has 0 atom stereocenters. The average Bonchev–Trinajstić information content (AvgIpc) is 3.19. The van der Waals surface area contributed by atoms with Gasteiger partial charge in [-0.05, 0) is 23.8 Å². The number of para-hydroxylation sites is 3. The van der Waals surface area contributed by atoms with Gasteiger partial charge in [-0.1, -0.05) is 30.3 Å². The van der Waals surface area contributed by atoms with Crippen molar-refractivity contribution in [2.45, 2.75) is 6.42 Å². The predicted molar refractivity (Wildman–Crippen MR) is 93.8 cm³/mol. The first-order valence-corrected chi connectivity index (χ1v) is 7.61. The van der Waals surface area contributed by atoms with Crippen LogP contribution in [0.1, 0.15) is 11.4 Å². The Morgan fingerprint density at radius 3 is 2.79 bits per heavy atom. The summed E-state index contributed by atoms with van der Waals surface area (Å²) in [6.45, 7) is 0. The highest BCUT2D eigenvalue weighted by Crippen LogP contribution is 2.17. The van der Waals surface area contributed by atoms with Gasteiger partial charge in [-0.25, -0.2) is 10.4 Å². The molecule has 6 nitrogen and oxygen atoms in total. The number of amides is 1. The van der Waals surface area contributed by atoms with E-state index in [-0.39, 0.29) is 12.3 Å². The first-order valence-electron chi connectivity index (χ1n) is 7.61. The molecule has 2 aromatic carbocycles. The molecule has 0 spiro atoms. The van der Waals surface area contributed by atoms with E-state index in [1.807, 2.05) is 54.7 Å². The van der Waals surface area contributed by atoms with Gasteiger partial charge in [-0.3, -0.25) is 4.79 Å². The largest absolute Gasteiger partial charge is 0.361 e. The minimum absolute atomic E-state index is 0.174. The Morgan fingerprint density at radius 2 is 1.92 bits per heavy atom. The molecule has 0 aliphatic rings. The molecule has 6 heteroatoms. The molecule has 4 aromatic rings. The van der Waals surface area contributed by atoms with E-state index in [2.05, 4.69) is 25.5 Å². The van der Waals surface area contributed by atoms with E-state index in [9.17, 15) is 4.79 Å². The number of rotatable bonds is 4. The van der Waals surface area contributed by atoms with E-state index < -0.39 is 0 Å². The van der Waals surface area contributed by atoms with Crippen LogP contribution in [0.15, 0.2) is 59.8 Å². The van der Waals surface area contributed by atoms with Crippen molar-refractivity contribution in [2.75, 3.05) is 0 Å². The number of hydrazone groups is 1. The van der Waals surface area contributed by atoms with Gasteiger partial charge in [0.1, 0.15) is 0 Å². The molecule has 0 aliphatic heterocycles. The van der Waals surface area contributed by atoms with Gasteiger partial charge in [0.2, 0.25) is 5.91 Å². The third kappa shape index (κ3) is 2.77.